The van der Waals surface area contributed by atoms with Gasteiger partial charge in [0.2, 0.25) is 5.91 Å². The molecule has 3 amide bonds. The number of aryl methyl sites for hydroxylation is 1. The highest BCUT2D eigenvalue weighted by Crippen LogP contribution is 2.39. The van der Waals surface area contributed by atoms with Crippen LogP contribution < -0.4 is 10.1 Å². The van der Waals surface area contributed by atoms with Crippen LogP contribution >= 0.6 is 0 Å². The van der Waals surface area contributed by atoms with Crippen LogP contribution in [0.15, 0.2) is 78.9 Å². The van der Waals surface area contributed by atoms with Crippen molar-refractivity contribution in [3.8, 4) is 5.75 Å². The lowest BCUT2D eigenvalue weighted by atomic mass is 9.95. The minimum absolute atomic E-state index is 0.0458. The molecule has 40 heavy (non-hydrogen) atoms. The van der Waals surface area contributed by atoms with Gasteiger partial charge in [0.05, 0.1) is 19.8 Å². The number of ether oxygens (including phenoxy) is 2. The Bertz CT molecular complexity index is 1370. The second-order valence-electron chi connectivity index (χ2n) is 10.5. The van der Waals surface area contributed by atoms with Gasteiger partial charge in [-0.15, -0.1) is 0 Å². The van der Waals surface area contributed by atoms with Gasteiger partial charge in [0.25, 0.3) is 11.8 Å². The smallest absolute Gasteiger partial charge is 0.256 e. The SMILES string of the molecule is COc1ccc(C(=O)N2[C@H](C(=O)N[C@H](C)c3ccccc3)COC23CCN(C(=O)c2cccc(C)c2)CC3)cc1. The molecule has 0 aromatic heterocycles. The molecule has 8 heteroatoms. The maximum absolute atomic E-state index is 14.0. The van der Waals surface area contributed by atoms with Gasteiger partial charge < -0.3 is 19.7 Å². The molecule has 0 saturated carbocycles. The molecule has 208 valence electrons. The first-order valence-electron chi connectivity index (χ1n) is 13.6. The molecule has 0 unspecified atom stereocenters. The lowest BCUT2D eigenvalue weighted by Crippen LogP contribution is -2.60. The van der Waals surface area contributed by atoms with Crippen LogP contribution in [0.2, 0.25) is 0 Å². The number of methoxy groups -OCH3 is 1. The molecule has 1 N–H and O–H groups in total. The molecule has 2 heterocycles. The predicted octanol–water partition coefficient (Wildman–Crippen LogP) is 4.35. The van der Waals surface area contributed by atoms with Gasteiger partial charge in [-0.2, -0.15) is 0 Å². The van der Waals surface area contributed by atoms with Crippen molar-refractivity contribution in [2.24, 2.45) is 0 Å². The predicted molar refractivity (Wildman–Crippen MR) is 151 cm³/mol. The number of hydrogen-bond donors (Lipinski definition) is 1. The lowest BCUT2D eigenvalue weighted by Gasteiger charge is -2.44. The summed E-state index contributed by atoms with van der Waals surface area (Å²) in [6.45, 7) is 4.79. The molecule has 0 bridgehead atoms. The normalized spacial score (nSPS) is 18.8. The number of piperidine rings is 1. The second-order valence-corrected chi connectivity index (χ2v) is 10.5. The molecule has 2 aliphatic rings. The summed E-state index contributed by atoms with van der Waals surface area (Å²) in [4.78, 5) is 44.2. The maximum Gasteiger partial charge on any atom is 0.256 e. The molecule has 3 aromatic carbocycles. The van der Waals surface area contributed by atoms with Crippen molar-refractivity contribution in [2.45, 2.75) is 44.5 Å². The molecular formula is C32H35N3O5. The number of carbonyl (C=O) groups excluding carboxylic acids is 3. The van der Waals surface area contributed by atoms with Crippen molar-refractivity contribution < 1.29 is 23.9 Å². The molecule has 3 aromatic rings. The van der Waals surface area contributed by atoms with Crippen LogP contribution in [-0.4, -0.2) is 66.1 Å². The van der Waals surface area contributed by atoms with E-state index in [0.717, 1.165) is 11.1 Å². The molecule has 8 nitrogen and oxygen atoms in total. The lowest BCUT2D eigenvalue weighted by molar-refractivity contribution is -0.128. The molecule has 1 spiro atoms. The van der Waals surface area contributed by atoms with E-state index >= 15 is 0 Å². The van der Waals surface area contributed by atoms with E-state index in [0.29, 0.717) is 42.8 Å². The average molecular weight is 542 g/mol. The number of rotatable bonds is 6. The Morgan fingerprint density at radius 1 is 0.925 bits per heavy atom. The summed E-state index contributed by atoms with van der Waals surface area (Å²) in [5, 5.41) is 3.07. The van der Waals surface area contributed by atoms with Crippen LogP contribution in [0.5, 0.6) is 5.75 Å². The molecule has 2 saturated heterocycles. The summed E-state index contributed by atoms with van der Waals surface area (Å²) < 4.78 is 11.6. The largest absolute Gasteiger partial charge is 0.497 e. The van der Waals surface area contributed by atoms with E-state index < -0.39 is 11.8 Å². The van der Waals surface area contributed by atoms with E-state index in [1.165, 1.54) is 0 Å². The van der Waals surface area contributed by atoms with Crippen LogP contribution in [0.1, 0.15) is 57.7 Å². The summed E-state index contributed by atoms with van der Waals surface area (Å²) in [6, 6.07) is 23.0. The van der Waals surface area contributed by atoms with Gasteiger partial charge in [-0.25, -0.2) is 0 Å². The van der Waals surface area contributed by atoms with E-state index in [-0.39, 0.29) is 30.4 Å². The first kappa shape index (κ1) is 27.4. The Morgan fingerprint density at radius 3 is 2.27 bits per heavy atom. The van der Waals surface area contributed by atoms with E-state index in [1.54, 1.807) is 41.2 Å². The highest BCUT2D eigenvalue weighted by atomic mass is 16.5. The maximum atomic E-state index is 14.0. The molecule has 2 aliphatic heterocycles. The zero-order chi connectivity index (χ0) is 28.3. The van der Waals surface area contributed by atoms with Gasteiger partial charge in [-0.1, -0.05) is 48.0 Å². The van der Waals surface area contributed by atoms with Crippen LogP contribution in [-0.2, 0) is 9.53 Å². The Hall–Kier alpha value is -4.17. The fraction of sp³-hybridized carbons (Fsp3) is 0.344. The van der Waals surface area contributed by atoms with Crippen LogP contribution in [0.25, 0.3) is 0 Å². The van der Waals surface area contributed by atoms with Crippen molar-refractivity contribution in [1.29, 1.82) is 0 Å². The number of nitrogens with one attached hydrogen (secondary N) is 1. The Balaban J connectivity index is 1.38. The van der Waals surface area contributed by atoms with Crippen molar-refractivity contribution in [2.75, 3.05) is 26.8 Å². The van der Waals surface area contributed by atoms with Crippen molar-refractivity contribution >= 4 is 17.7 Å². The number of carbonyl (C=O) groups is 3. The third-order valence-corrected chi connectivity index (χ3v) is 7.87. The highest BCUT2D eigenvalue weighted by molar-refractivity contribution is 5.99. The fourth-order valence-electron chi connectivity index (χ4n) is 5.59. The van der Waals surface area contributed by atoms with E-state index in [2.05, 4.69) is 5.32 Å². The summed E-state index contributed by atoms with van der Waals surface area (Å²) in [6.07, 6.45) is 0.814. The van der Waals surface area contributed by atoms with E-state index in [1.807, 2.05) is 68.4 Å². The first-order valence-corrected chi connectivity index (χ1v) is 13.6. The molecule has 2 fully saturated rings. The summed E-state index contributed by atoms with van der Waals surface area (Å²) in [5.41, 5.74) is 2.09. The Morgan fingerprint density at radius 2 is 1.62 bits per heavy atom. The number of hydrogen-bond acceptors (Lipinski definition) is 5. The van der Waals surface area contributed by atoms with Crippen molar-refractivity contribution in [1.82, 2.24) is 15.1 Å². The zero-order valence-electron chi connectivity index (χ0n) is 23.1. The minimum atomic E-state index is -0.988. The second kappa shape index (κ2) is 11.5. The van der Waals surface area contributed by atoms with Crippen LogP contribution in [0.3, 0.4) is 0 Å². The summed E-state index contributed by atoms with van der Waals surface area (Å²) >= 11 is 0. The van der Waals surface area contributed by atoms with Gasteiger partial charge in [0.15, 0.2) is 0 Å². The standard InChI is InChI=1S/C32H35N3O5/c1-22-8-7-11-26(20-22)30(37)34-18-16-32(17-19-34)35(31(38)25-12-14-27(39-3)15-13-25)28(21-40-32)29(36)33-23(2)24-9-5-4-6-10-24/h4-15,20,23,28H,16-19,21H2,1-3H3,(H,33,36)/t23-,28+/m1/s1. The van der Waals surface area contributed by atoms with Gasteiger partial charge in [0.1, 0.15) is 17.5 Å². The Labute approximate surface area is 234 Å². The quantitative estimate of drug-likeness (QED) is 0.501. The fourth-order valence-corrected chi connectivity index (χ4v) is 5.59. The number of amides is 3. The molecule has 5 rings (SSSR count). The van der Waals surface area contributed by atoms with Gasteiger partial charge in [-0.05, 0) is 55.8 Å². The number of benzene rings is 3. The number of nitrogens with zero attached hydrogens (tertiary/aromatic N) is 2. The number of likely N-dealkylation sites (tertiary alicyclic amines) is 1. The third kappa shape index (κ3) is 5.45. The topological polar surface area (TPSA) is 88.2 Å². The molecule has 0 radical (unpaired) electrons. The van der Waals surface area contributed by atoms with Crippen LogP contribution in [0.4, 0.5) is 0 Å². The summed E-state index contributed by atoms with van der Waals surface area (Å²) in [5.74, 6) is 0.0351. The van der Waals surface area contributed by atoms with Crippen LogP contribution in [0, 0.1) is 6.92 Å². The minimum Gasteiger partial charge on any atom is -0.497 e. The molecular weight excluding hydrogens is 506 g/mol. The average Bonchev–Trinajstić information content (AvgIpc) is 3.35. The Kier molecular flexibility index (Phi) is 7.89. The monoisotopic (exact) mass is 541 g/mol. The molecule has 2 atom stereocenters. The summed E-state index contributed by atoms with van der Waals surface area (Å²) in [7, 11) is 1.57. The third-order valence-electron chi connectivity index (χ3n) is 7.87. The highest BCUT2D eigenvalue weighted by Gasteiger charge is 2.54. The van der Waals surface area contributed by atoms with Crippen molar-refractivity contribution in [3.63, 3.8) is 0 Å². The van der Waals surface area contributed by atoms with Gasteiger partial charge >= 0.3 is 0 Å². The van der Waals surface area contributed by atoms with Gasteiger partial charge in [0, 0.05) is 37.1 Å². The van der Waals surface area contributed by atoms with Gasteiger partial charge in [-0.3, -0.25) is 19.3 Å². The zero-order valence-corrected chi connectivity index (χ0v) is 23.1. The first-order chi connectivity index (χ1) is 19.3. The molecule has 0 aliphatic carbocycles. The van der Waals surface area contributed by atoms with E-state index in [4.69, 9.17) is 9.47 Å². The van der Waals surface area contributed by atoms with E-state index in [9.17, 15) is 14.4 Å². The van der Waals surface area contributed by atoms with Crippen molar-refractivity contribution in [3.05, 3.63) is 101 Å².